The molecule has 2 N–H and O–H groups in total. The highest BCUT2D eigenvalue weighted by Gasteiger charge is 2.32. The lowest BCUT2D eigenvalue weighted by Gasteiger charge is -2.05. The van der Waals surface area contributed by atoms with Gasteiger partial charge in [0.1, 0.15) is 6.04 Å². The number of hydrogen-bond donors (Lipinski definition) is 2. The van der Waals surface area contributed by atoms with Crippen molar-refractivity contribution in [3.8, 4) is 0 Å². The van der Waals surface area contributed by atoms with Crippen LogP contribution in [0.2, 0.25) is 0 Å². The quantitative estimate of drug-likeness (QED) is 0.557. The number of nitrogens with one attached hydrogen (secondary N) is 2. The maximum Gasteiger partial charge on any atom is 0.322 e. The van der Waals surface area contributed by atoms with Gasteiger partial charge in [-0.1, -0.05) is 6.92 Å². The highest BCUT2D eigenvalue weighted by atomic mass is 32.2. The van der Waals surface area contributed by atoms with E-state index in [0.29, 0.717) is 0 Å². The van der Waals surface area contributed by atoms with Crippen LogP contribution in [0.5, 0.6) is 0 Å². The van der Waals surface area contributed by atoms with Gasteiger partial charge in [0.05, 0.1) is 5.75 Å². The van der Waals surface area contributed by atoms with Crippen LogP contribution < -0.4 is 10.6 Å². The SMILES string of the molecule is CCS(=O)(=O)C[C@@H]1NC(=O)NC1=O. The Bertz CT molecular complexity index is 335. The maximum atomic E-state index is 11.1. The monoisotopic (exact) mass is 206 g/mol. The second kappa shape index (κ2) is 3.33. The molecule has 1 aliphatic rings. The van der Waals surface area contributed by atoms with Gasteiger partial charge >= 0.3 is 6.03 Å². The summed E-state index contributed by atoms with van der Waals surface area (Å²) in [7, 11) is -3.23. The minimum absolute atomic E-state index is 0.0351. The third kappa shape index (κ3) is 2.41. The van der Waals surface area contributed by atoms with Gasteiger partial charge in [0.25, 0.3) is 5.91 Å². The van der Waals surface area contributed by atoms with Gasteiger partial charge in [0.2, 0.25) is 0 Å². The van der Waals surface area contributed by atoms with Gasteiger partial charge in [-0.05, 0) is 0 Å². The van der Waals surface area contributed by atoms with Crippen LogP contribution in [-0.4, -0.2) is 37.9 Å². The molecule has 1 heterocycles. The van der Waals surface area contributed by atoms with Crippen LogP contribution in [0.1, 0.15) is 6.92 Å². The summed E-state index contributed by atoms with van der Waals surface area (Å²) in [6.07, 6.45) is 0. The van der Waals surface area contributed by atoms with Gasteiger partial charge in [0, 0.05) is 5.75 Å². The minimum Gasteiger partial charge on any atom is -0.325 e. The lowest BCUT2D eigenvalue weighted by molar-refractivity contribution is -0.119. The molecular weight excluding hydrogens is 196 g/mol. The average molecular weight is 206 g/mol. The number of imide groups is 1. The smallest absolute Gasteiger partial charge is 0.322 e. The molecule has 0 aromatic rings. The van der Waals surface area contributed by atoms with Crippen molar-refractivity contribution in [2.24, 2.45) is 0 Å². The number of sulfone groups is 1. The van der Waals surface area contributed by atoms with E-state index in [4.69, 9.17) is 0 Å². The molecule has 3 amide bonds. The van der Waals surface area contributed by atoms with E-state index in [2.05, 4.69) is 5.32 Å². The lowest BCUT2D eigenvalue weighted by atomic mass is 10.3. The molecule has 1 rings (SSSR count). The zero-order valence-corrected chi connectivity index (χ0v) is 7.85. The van der Waals surface area contributed by atoms with Gasteiger partial charge in [-0.15, -0.1) is 0 Å². The van der Waals surface area contributed by atoms with Crippen LogP contribution in [0.25, 0.3) is 0 Å². The molecular formula is C6H10N2O4S. The van der Waals surface area contributed by atoms with Gasteiger partial charge in [-0.2, -0.15) is 0 Å². The molecule has 7 heteroatoms. The van der Waals surface area contributed by atoms with E-state index < -0.39 is 27.8 Å². The first kappa shape index (κ1) is 9.97. The molecule has 13 heavy (non-hydrogen) atoms. The normalized spacial score (nSPS) is 22.7. The number of urea groups is 1. The first-order valence-corrected chi connectivity index (χ1v) is 5.58. The van der Waals surface area contributed by atoms with E-state index in [1.165, 1.54) is 6.92 Å². The van der Waals surface area contributed by atoms with E-state index in [1.807, 2.05) is 5.32 Å². The standard InChI is InChI=1S/C6H10N2O4S/c1-2-13(11,12)3-4-5(9)8-6(10)7-4/h4H,2-3H2,1H3,(H2,7,8,9,10)/t4-/m0/s1. The predicted octanol–water partition coefficient (Wildman–Crippen LogP) is -1.37. The Morgan fingerprint density at radius 3 is 2.38 bits per heavy atom. The summed E-state index contributed by atoms with van der Waals surface area (Å²) < 4.78 is 22.2. The van der Waals surface area contributed by atoms with Gasteiger partial charge in [0.15, 0.2) is 9.84 Å². The van der Waals surface area contributed by atoms with E-state index in [1.54, 1.807) is 0 Å². The zero-order valence-electron chi connectivity index (χ0n) is 7.03. The molecule has 0 bridgehead atoms. The Kier molecular flexibility index (Phi) is 2.55. The van der Waals surface area contributed by atoms with Crippen LogP contribution >= 0.6 is 0 Å². The molecule has 74 valence electrons. The first-order chi connectivity index (χ1) is 5.94. The maximum absolute atomic E-state index is 11.1. The van der Waals surface area contributed by atoms with Crippen LogP contribution in [0, 0.1) is 0 Å². The summed E-state index contributed by atoms with van der Waals surface area (Å²) >= 11 is 0. The molecule has 0 unspecified atom stereocenters. The van der Waals surface area contributed by atoms with Crippen LogP contribution in [-0.2, 0) is 14.6 Å². The summed E-state index contributed by atoms with van der Waals surface area (Å²) in [4.78, 5) is 21.5. The van der Waals surface area contributed by atoms with Gasteiger partial charge in [-0.3, -0.25) is 10.1 Å². The summed E-state index contributed by atoms with van der Waals surface area (Å²) in [6, 6.07) is -1.57. The summed E-state index contributed by atoms with van der Waals surface area (Å²) in [5.74, 6) is -0.949. The van der Waals surface area contributed by atoms with Gasteiger partial charge in [-0.25, -0.2) is 13.2 Å². The molecule has 0 aromatic heterocycles. The van der Waals surface area contributed by atoms with E-state index in [9.17, 15) is 18.0 Å². The van der Waals surface area contributed by atoms with E-state index in [0.717, 1.165) is 0 Å². The number of carbonyl (C=O) groups is 2. The second-order valence-electron chi connectivity index (χ2n) is 2.71. The predicted molar refractivity (Wildman–Crippen MR) is 44.8 cm³/mol. The fraction of sp³-hybridized carbons (Fsp3) is 0.667. The Morgan fingerprint density at radius 2 is 2.00 bits per heavy atom. The Balaban J connectivity index is 2.66. The molecule has 0 spiro atoms. The topological polar surface area (TPSA) is 92.3 Å². The third-order valence-electron chi connectivity index (χ3n) is 1.72. The molecule has 0 saturated carbocycles. The van der Waals surface area contributed by atoms with Gasteiger partial charge < -0.3 is 5.32 Å². The van der Waals surface area contributed by atoms with Crippen molar-refractivity contribution >= 4 is 21.8 Å². The molecule has 0 aliphatic carbocycles. The number of rotatable bonds is 3. The van der Waals surface area contributed by atoms with E-state index >= 15 is 0 Å². The third-order valence-corrected chi connectivity index (χ3v) is 3.44. The molecule has 1 saturated heterocycles. The molecule has 0 radical (unpaired) electrons. The average Bonchev–Trinajstić information content (AvgIpc) is 2.30. The van der Waals surface area contributed by atoms with Crippen molar-refractivity contribution in [2.45, 2.75) is 13.0 Å². The molecule has 1 fully saturated rings. The molecule has 0 aromatic carbocycles. The molecule has 6 nitrogen and oxygen atoms in total. The zero-order chi connectivity index (χ0) is 10.1. The van der Waals surface area contributed by atoms with E-state index in [-0.39, 0.29) is 11.5 Å². The van der Waals surface area contributed by atoms with Crippen LogP contribution in [0.4, 0.5) is 4.79 Å². The molecule has 1 atom stereocenters. The number of hydrogen-bond acceptors (Lipinski definition) is 4. The highest BCUT2D eigenvalue weighted by Crippen LogP contribution is 1.99. The fourth-order valence-corrected chi connectivity index (χ4v) is 1.93. The van der Waals surface area contributed by atoms with Crippen molar-refractivity contribution in [3.63, 3.8) is 0 Å². The largest absolute Gasteiger partial charge is 0.325 e. The molecule has 1 aliphatic heterocycles. The Hall–Kier alpha value is -1.11. The number of amides is 3. The van der Waals surface area contributed by atoms with Crippen molar-refractivity contribution in [3.05, 3.63) is 0 Å². The second-order valence-corrected chi connectivity index (χ2v) is 5.11. The van der Waals surface area contributed by atoms with Crippen LogP contribution in [0.3, 0.4) is 0 Å². The van der Waals surface area contributed by atoms with Crippen molar-refractivity contribution in [2.75, 3.05) is 11.5 Å². The first-order valence-electron chi connectivity index (χ1n) is 3.76. The Labute approximate surface area is 75.6 Å². The Morgan fingerprint density at radius 1 is 1.38 bits per heavy atom. The summed E-state index contributed by atoms with van der Waals surface area (Å²) in [5.41, 5.74) is 0. The number of carbonyl (C=O) groups excluding carboxylic acids is 2. The van der Waals surface area contributed by atoms with Crippen molar-refractivity contribution in [1.29, 1.82) is 0 Å². The fourth-order valence-electron chi connectivity index (χ4n) is 0.948. The lowest BCUT2D eigenvalue weighted by Crippen LogP contribution is -2.36. The van der Waals surface area contributed by atoms with Crippen molar-refractivity contribution < 1.29 is 18.0 Å². The minimum atomic E-state index is -3.23. The van der Waals surface area contributed by atoms with Crippen molar-refractivity contribution in [1.82, 2.24) is 10.6 Å². The summed E-state index contributed by atoms with van der Waals surface area (Å²) in [5, 5.41) is 4.18. The summed E-state index contributed by atoms with van der Waals surface area (Å²) in [6.45, 7) is 1.49. The van der Waals surface area contributed by atoms with Crippen LogP contribution in [0.15, 0.2) is 0 Å². The highest BCUT2D eigenvalue weighted by molar-refractivity contribution is 7.91.